The van der Waals surface area contributed by atoms with Crippen molar-refractivity contribution in [1.82, 2.24) is 9.88 Å². The number of nitrogens with zero attached hydrogens (tertiary/aromatic N) is 2. The molecule has 1 N–H and O–H groups in total. The van der Waals surface area contributed by atoms with Crippen LogP contribution in [0.2, 0.25) is 0 Å². The minimum absolute atomic E-state index is 0.234. The van der Waals surface area contributed by atoms with Crippen molar-refractivity contribution in [2.75, 3.05) is 20.1 Å². The number of rotatable bonds is 1. The molecular formula is C20H22N2O. The van der Waals surface area contributed by atoms with Gasteiger partial charge in [-0.05, 0) is 61.2 Å². The summed E-state index contributed by atoms with van der Waals surface area (Å²) in [5.74, 6) is 0.594. The van der Waals surface area contributed by atoms with Crippen LogP contribution < -0.4 is 0 Å². The molecule has 0 radical (unpaired) electrons. The summed E-state index contributed by atoms with van der Waals surface area (Å²) in [5.41, 5.74) is 6.58. The van der Waals surface area contributed by atoms with E-state index >= 15 is 0 Å². The second kappa shape index (κ2) is 5.82. The molecule has 2 aliphatic rings. The van der Waals surface area contributed by atoms with Crippen LogP contribution in [-0.4, -0.2) is 35.1 Å². The lowest BCUT2D eigenvalue weighted by molar-refractivity contribution is 0.355. The first kappa shape index (κ1) is 14.5. The Hall–Kier alpha value is -2.13. The molecule has 4 rings (SSSR count). The first-order valence-corrected chi connectivity index (χ1v) is 8.35. The average molecular weight is 306 g/mol. The van der Waals surface area contributed by atoms with Crippen molar-refractivity contribution in [2.24, 2.45) is 0 Å². The van der Waals surface area contributed by atoms with E-state index in [4.69, 9.17) is 4.98 Å². The third kappa shape index (κ3) is 2.66. The molecule has 0 fully saturated rings. The van der Waals surface area contributed by atoms with Crippen molar-refractivity contribution in [1.29, 1.82) is 0 Å². The Kier molecular flexibility index (Phi) is 3.66. The molecule has 1 aliphatic carbocycles. The Labute approximate surface area is 137 Å². The molecule has 1 aromatic carbocycles. The van der Waals surface area contributed by atoms with E-state index in [1.165, 1.54) is 28.0 Å². The molecule has 3 nitrogen and oxygen atoms in total. The zero-order chi connectivity index (χ0) is 15.8. The normalized spacial score (nSPS) is 21.1. The van der Waals surface area contributed by atoms with Gasteiger partial charge in [0.15, 0.2) is 0 Å². The van der Waals surface area contributed by atoms with Gasteiger partial charge in [-0.15, -0.1) is 0 Å². The number of hydrogen-bond donors (Lipinski definition) is 1. The Bertz CT molecular complexity index is 766. The Morgan fingerprint density at radius 3 is 2.83 bits per heavy atom. The Morgan fingerprint density at radius 1 is 1.13 bits per heavy atom. The minimum atomic E-state index is 0.234. The van der Waals surface area contributed by atoms with Gasteiger partial charge in [-0.3, -0.25) is 4.98 Å². The lowest BCUT2D eigenvalue weighted by atomic mass is 9.82. The maximum Gasteiger partial charge on any atom is 0.115 e. The molecule has 1 unspecified atom stereocenters. The molecule has 1 aliphatic heterocycles. The van der Waals surface area contributed by atoms with Crippen molar-refractivity contribution < 1.29 is 5.11 Å². The molecule has 0 spiro atoms. The summed E-state index contributed by atoms with van der Waals surface area (Å²) in [6.07, 6.45) is 7.31. The van der Waals surface area contributed by atoms with Crippen LogP contribution in [0.4, 0.5) is 0 Å². The van der Waals surface area contributed by atoms with Crippen LogP contribution >= 0.6 is 0 Å². The highest BCUT2D eigenvalue weighted by Crippen LogP contribution is 2.40. The average Bonchev–Trinajstić information content (AvgIpc) is 2.72. The number of fused-ring (bicyclic) bond motifs is 2. The predicted octanol–water partition coefficient (Wildman–Crippen LogP) is 3.28. The van der Waals surface area contributed by atoms with Crippen LogP contribution in [0.3, 0.4) is 0 Å². The van der Waals surface area contributed by atoms with Gasteiger partial charge >= 0.3 is 0 Å². The van der Waals surface area contributed by atoms with Crippen molar-refractivity contribution in [2.45, 2.75) is 25.2 Å². The molecule has 1 atom stereocenters. The SMILES string of the molecule is CN1CC=C(C2c3ccc(O)cc3CCc3cccnc32)CC1. The van der Waals surface area contributed by atoms with Gasteiger partial charge < -0.3 is 10.0 Å². The number of hydrogen-bond acceptors (Lipinski definition) is 3. The molecule has 0 amide bonds. The van der Waals surface area contributed by atoms with Gasteiger partial charge in [-0.2, -0.15) is 0 Å². The topological polar surface area (TPSA) is 36.4 Å². The largest absolute Gasteiger partial charge is 0.508 e. The third-order valence-corrected chi connectivity index (χ3v) is 5.12. The molecule has 0 bridgehead atoms. The smallest absolute Gasteiger partial charge is 0.115 e. The number of phenols is 1. The van der Waals surface area contributed by atoms with Crippen LogP contribution in [0.25, 0.3) is 0 Å². The van der Waals surface area contributed by atoms with Crippen molar-refractivity contribution in [3.8, 4) is 5.75 Å². The summed E-state index contributed by atoms with van der Waals surface area (Å²) in [6, 6.07) is 10.1. The third-order valence-electron chi connectivity index (χ3n) is 5.12. The molecular weight excluding hydrogens is 284 g/mol. The number of aromatic hydroxyl groups is 1. The fraction of sp³-hybridized carbons (Fsp3) is 0.350. The monoisotopic (exact) mass is 306 g/mol. The van der Waals surface area contributed by atoms with E-state index in [1.807, 2.05) is 24.4 Å². The summed E-state index contributed by atoms with van der Waals surface area (Å²) in [5, 5.41) is 9.89. The van der Waals surface area contributed by atoms with E-state index in [0.29, 0.717) is 5.75 Å². The summed E-state index contributed by atoms with van der Waals surface area (Å²) < 4.78 is 0. The maximum absolute atomic E-state index is 9.89. The van der Waals surface area contributed by atoms with E-state index in [9.17, 15) is 5.11 Å². The maximum atomic E-state index is 9.89. The number of aryl methyl sites for hydroxylation is 2. The van der Waals surface area contributed by atoms with Crippen LogP contribution in [0, 0.1) is 0 Å². The van der Waals surface area contributed by atoms with Gasteiger partial charge in [0.25, 0.3) is 0 Å². The Morgan fingerprint density at radius 2 is 2.00 bits per heavy atom. The quantitative estimate of drug-likeness (QED) is 0.821. The number of pyridine rings is 1. The summed E-state index contributed by atoms with van der Waals surface area (Å²) >= 11 is 0. The Balaban J connectivity index is 1.88. The molecule has 2 aromatic rings. The van der Waals surface area contributed by atoms with E-state index in [-0.39, 0.29) is 5.92 Å². The van der Waals surface area contributed by atoms with Crippen LogP contribution in [0.1, 0.15) is 34.7 Å². The second-order valence-electron chi connectivity index (χ2n) is 6.66. The first-order chi connectivity index (χ1) is 11.2. The highest BCUT2D eigenvalue weighted by Gasteiger charge is 2.28. The molecule has 23 heavy (non-hydrogen) atoms. The standard InChI is InChI=1S/C20H22N2O/c1-22-11-8-14(9-12-22)19-18-7-6-17(23)13-16(18)5-4-15-3-2-10-21-20(15)19/h2-3,6-8,10,13,19,23H,4-5,9,11-12H2,1H3. The minimum Gasteiger partial charge on any atom is -0.508 e. The number of aromatic nitrogens is 1. The van der Waals surface area contributed by atoms with Gasteiger partial charge in [-0.25, -0.2) is 0 Å². The van der Waals surface area contributed by atoms with Gasteiger partial charge in [0.05, 0.1) is 5.69 Å². The molecule has 118 valence electrons. The number of benzene rings is 1. The molecule has 0 saturated heterocycles. The van der Waals surface area contributed by atoms with Gasteiger partial charge in [0, 0.05) is 25.2 Å². The molecule has 3 heteroatoms. The van der Waals surface area contributed by atoms with E-state index in [2.05, 4.69) is 30.2 Å². The van der Waals surface area contributed by atoms with E-state index < -0.39 is 0 Å². The van der Waals surface area contributed by atoms with Gasteiger partial charge in [0.2, 0.25) is 0 Å². The van der Waals surface area contributed by atoms with Crippen molar-refractivity contribution in [3.63, 3.8) is 0 Å². The lowest BCUT2D eigenvalue weighted by Crippen LogP contribution is -2.26. The van der Waals surface area contributed by atoms with Crippen LogP contribution in [-0.2, 0) is 12.8 Å². The number of likely N-dealkylation sites (N-methyl/N-ethyl adjacent to an activating group) is 1. The molecule has 1 aromatic heterocycles. The highest BCUT2D eigenvalue weighted by molar-refractivity contribution is 5.50. The van der Waals surface area contributed by atoms with E-state index in [0.717, 1.165) is 32.4 Å². The van der Waals surface area contributed by atoms with Crippen molar-refractivity contribution >= 4 is 0 Å². The molecule has 0 saturated carbocycles. The summed E-state index contributed by atoms with van der Waals surface area (Å²) in [7, 11) is 2.17. The fourth-order valence-electron chi connectivity index (χ4n) is 3.85. The zero-order valence-corrected chi connectivity index (χ0v) is 13.5. The van der Waals surface area contributed by atoms with Crippen LogP contribution in [0.15, 0.2) is 48.2 Å². The van der Waals surface area contributed by atoms with E-state index in [1.54, 1.807) is 0 Å². The highest BCUT2D eigenvalue weighted by atomic mass is 16.3. The van der Waals surface area contributed by atoms with Crippen LogP contribution in [0.5, 0.6) is 5.75 Å². The van der Waals surface area contributed by atoms with Crippen molar-refractivity contribution in [3.05, 3.63) is 70.6 Å². The zero-order valence-electron chi connectivity index (χ0n) is 13.5. The fourth-order valence-corrected chi connectivity index (χ4v) is 3.85. The number of phenolic OH excluding ortho intramolecular Hbond substituents is 1. The lowest BCUT2D eigenvalue weighted by Gasteiger charge is -2.28. The summed E-state index contributed by atoms with van der Waals surface area (Å²) in [4.78, 5) is 7.10. The first-order valence-electron chi connectivity index (χ1n) is 8.35. The second-order valence-corrected chi connectivity index (χ2v) is 6.66. The summed E-state index contributed by atoms with van der Waals surface area (Å²) in [6.45, 7) is 2.10. The van der Waals surface area contributed by atoms with Gasteiger partial charge in [0.1, 0.15) is 5.75 Å². The van der Waals surface area contributed by atoms with Gasteiger partial charge in [-0.1, -0.05) is 23.8 Å². The molecule has 2 heterocycles. The predicted molar refractivity (Wildman–Crippen MR) is 91.8 cm³/mol.